The molecule has 0 aromatic heterocycles. The van der Waals surface area contributed by atoms with Crippen molar-refractivity contribution in [1.82, 2.24) is 4.90 Å². The van der Waals surface area contributed by atoms with Crippen LogP contribution in [0, 0.1) is 5.92 Å². The summed E-state index contributed by atoms with van der Waals surface area (Å²) < 4.78 is 0. The average Bonchev–Trinajstić information content (AvgIpc) is 3.01. The normalized spacial score (nSPS) is 24.2. The first-order valence-corrected chi connectivity index (χ1v) is 7.93. The number of carbonyl (C=O) groups excluding carboxylic acids is 2. The second-order valence-corrected chi connectivity index (χ2v) is 6.39. The molecule has 4 nitrogen and oxygen atoms in total. The van der Waals surface area contributed by atoms with Crippen LogP contribution in [-0.4, -0.2) is 36.3 Å². The zero-order chi connectivity index (χ0) is 14.4. The highest BCUT2D eigenvalue weighted by molar-refractivity contribution is 6.00. The summed E-state index contributed by atoms with van der Waals surface area (Å²) in [4.78, 5) is 28.2. The van der Waals surface area contributed by atoms with Gasteiger partial charge in [0.1, 0.15) is 0 Å². The third kappa shape index (κ3) is 2.13. The first-order chi connectivity index (χ1) is 10.2. The van der Waals surface area contributed by atoms with Crippen LogP contribution >= 0.6 is 0 Å². The molecule has 1 aliphatic carbocycles. The van der Waals surface area contributed by atoms with E-state index >= 15 is 0 Å². The SMILES string of the molecule is O=C(C1CC(=O)N(c2ccc3c(c2)CCC3)C1)N1CCC1. The third-order valence-corrected chi connectivity index (χ3v) is 5.04. The number of likely N-dealkylation sites (tertiary alicyclic amines) is 1. The number of hydrogen-bond acceptors (Lipinski definition) is 2. The van der Waals surface area contributed by atoms with Gasteiger partial charge in [-0.25, -0.2) is 0 Å². The number of benzene rings is 1. The van der Waals surface area contributed by atoms with Crippen molar-refractivity contribution in [2.24, 2.45) is 5.92 Å². The van der Waals surface area contributed by atoms with Crippen LogP contribution < -0.4 is 4.90 Å². The second kappa shape index (κ2) is 4.86. The van der Waals surface area contributed by atoms with E-state index in [9.17, 15) is 9.59 Å². The molecule has 0 spiro atoms. The van der Waals surface area contributed by atoms with E-state index in [0.717, 1.165) is 38.0 Å². The zero-order valence-electron chi connectivity index (χ0n) is 12.2. The van der Waals surface area contributed by atoms with E-state index in [1.807, 2.05) is 11.0 Å². The van der Waals surface area contributed by atoms with Crippen molar-refractivity contribution in [2.75, 3.05) is 24.5 Å². The highest BCUT2D eigenvalue weighted by Gasteiger charge is 2.38. The first kappa shape index (κ1) is 12.9. The molecule has 2 aliphatic heterocycles. The number of amides is 2. The summed E-state index contributed by atoms with van der Waals surface area (Å²) in [6.07, 6.45) is 4.94. The lowest BCUT2D eigenvalue weighted by atomic mass is 10.0. The minimum absolute atomic E-state index is 0.0896. The zero-order valence-corrected chi connectivity index (χ0v) is 12.2. The van der Waals surface area contributed by atoms with Gasteiger partial charge in [0, 0.05) is 31.7 Å². The molecule has 0 saturated carbocycles. The van der Waals surface area contributed by atoms with Crippen molar-refractivity contribution in [1.29, 1.82) is 0 Å². The lowest BCUT2D eigenvalue weighted by molar-refractivity contribution is -0.139. The monoisotopic (exact) mass is 284 g/mol. The lowest BCUT2D eigenvalue weighted by Gasteiger charge is -2.32. The fourth-order valence-electron chi connectivity index (χ4n) is 3.64. The highest BCUT2D eigenvalue weighted by atomic mass is 16.2. The Morgan fingerprint density at radius 1 is 1.10 bits per heavy atom. The quantitative estimate of drug-likeness (QED) is 0.830. The second-order valence-electron chi connectivity index (χ2n) is 6.39. The Balaban J connectivity index is 1.53. The van der Waals surface area contributed by atoms with E-state index in [-0.39, 0.29) is 17.7 Å². The Morgan fingerprint density at radius 2 is 1.90 bits per heavy atom. The Morgan fingerprint density at radius 3 is 2.67 bits per heavy atom. The van der Waals surface area contributed by atoms with Crippen LogP contribution in [0.5, 0.6) is 0 Å². The molecule has 0 N–H and O–H groups in total. The van der Waals surface area contributed by atoms with Crippen LogP contribution in [0.4, 0.5) is 5.69 Å². The van der Waals surface area contributed by atoms with E-state index in [1.54, 1.807) is 4.90 Å². The number of aryl methyl sites for hydroxylation is 2. The van der Waals surface area contributed by atoms with Crippen molar-refractivity contribution in [3.63, 3.8) is 0 Å². The smallest absolute Gasteiger partial charge is 0.228 e. The maximum absolute atomic E-state index is 12.3. The number of nitrogens with zero attached hydrogens (tertiary/aromatic N) is 2. The van der Waals surface area contributed by atoms with Gasteiger partial charge in [0.05, 0.1) is 5.92 Å². The molecule has 21 heavy (non-hydrogen) atoms. The molecule has 3 aliphatic rings. The molecule has 1 unspecified atom stereocenters. The molecule has 1 aromatic carbocycles. The Kier molecular flexibility index (Phi) is 2.98. The Labute approximate surface area is 124 Å². The molecule has 0 radical (unpaired) electrons. The molecule has 0 bridgehead atoms. The van der Waals surface area contributed by atoms with Gasteiger partial charge in [-0.05, 0) is 48.9 Å². The van der Waals surface area contributed by atoms with Gasteiger partial charge in [0.25, 0.3) is 0 Å². The van der Waals surface area contributed by atoms with Crippen molar-refractivity contribution in [2.45, 2.75) is 32.1 Å². The fourth-order valence-corrected chi connectivity index (χ4v) is 3.64. The number of anilines is 1. The molecular weight excluding hydrogens is 264 g/mol. The van der Waals surface area contributed by atoms with E-state index in [1.165, 1.54) is 17.5 Å². The molecule has 1 aromatic rings. The van der Waals surface area contributed by atoms with Crippen molar-refractivity contribution >= 4 is 17.5 Å². The fraction of sp³-hybridized carbons (Fsp3) is 0.529. The van der Waals surface area contributed by atoms with Crippen LogP contribution in [0.15, 0.2) is 18.2 Å². The maximum atomic E-state index is 12.3. The minimum Gasteiger partial charge on any atom is -0.342 e. The summed E-state index contributed by atoms with van der Waals surface area (Å²) in [6, 6.07) is 6.34. The van der Waals surface area contributed by atoms with Gasteiger partial charge in [0.15, 0.2) is 0 Å². The maximum Gasteiger partial charge on any atom is 0.228 e. The van der Waals surface area contributed by atoms with Gasteiger partial charge in [0.2, 0.25) is 11.8 Å². The summed E-state index contributed by atoms with van der Waals surface area (Å²) in [5, 5.41) is 0. The van der Waals surface area contributed by atoms with Gasteiger partial charge < -0.3 is 9.80 Å². The molecule has 4 rings (SSSR count). The first-order valence-electron chi connectivity index (χ1n) is 7.93. The molecule has 2 saturated heterocycles. The number of rotatable bonds is 2. The number of carbonyl (C=O) groups is 2. The van der Waals surface area contributed by atoms with Crippen molar-refractivity contribution in [3.8, 4) is 0 Å². The Bertz CT molecular complexity index is 607. The van der Waals surface area contributed by atoms with Crippen LogP contribution in [0.3, 0.4) is 0 Å². The molecule has 2 amide bonds. The van der Waals surface area contributed by atoms with Gasteiger partial charge in [-0.15, -0.1) is 0 Å². The van der Waals surface area contributed by atoms with Gasteiger partial charge in [-0.2, -0.15) is 0 Å². The van der Waals surface area contributed by atoms with Crippen molar-refractivity contribution in [3.05, 3.63) is 29.3 Å². The van der Waals surface area contributed by atoms with Crippen molar-refractivity contribution < 1.29 is 9.59 Å². The van der Waals surface area contributed by atoms with Gasteiger partial charge >= 0.3 is 0 Å². The summed E-state index contributed by atoms with van der Waals surface area (Å²) >= 11 is 0. The van der Waals surface area contributed by atoms with E-state index in [4.69, 9.17) is 0 Å². The topological polar surface area (TPSA) is 40.6 Å². The summed E-state index contributed by atoms with van der Waals surface area (Å²) in [5.41, 5.74) is 3.76. The molecule has 4 heteroatoms. The molecule has 2 fully saturated rings. The van der Waals surface area contributed by atoms with E-state index < -0.39 is 0 Å². The molecular formula is C17H20N2O2. The largest absolute Gasteiger partial charge is 0.342 e. The van der Waals surface area contributed by atoms with E-state index in [2.05, 4.69) is 12.1 Å². The predicted molar refractivity (Wildman–Crippen MR) is 80.1 cm³/mol. The minimum atomic E-state index is -0.147. The lowest BCUT2D eigenvalue weighted by Crippen LogP contribution is -2.45. The molecule has 110 valence electrons. The van der Waals surface area contributed by atoms with Crippen LogP contribution in [0.25, 0.3) is 0 Å². The molecule has 1 atom stereocenters. The molecule has 2 heterocycles. The highest BCUT2D eigenvalue weighted by Crippen LogP contribution is 2.31. The Hall–Kier alpha value is -1.84. The van der Waals surface area contributed by atoms with Crippen LogP contribution in [-0.2, 0) is 22.4 Å². The standard InChI is InChI=1S/C17H20N2O2/c20-16-10-14(17(21)18-7-2-8-18)11-19(16)15-6-5-12-3-1-4-13(12)9-15/h5-6,9,14H,1-4,7-8,10-11H2. The van der Waals surface area contributed by atoms with Gasteiger partial charge in [-0.1, -0.05) is 6.07 Å². The van der Waals surface area contributed by atoms with Gasteiger partial charge in [-0.3, -0.25) is 9.59 Å². The average molecular weight is 284 g/mol. The van der Waals surface area contributed by atoms with E-state index in [0.29, 0.717) is 13.0 Å². The number of fused-ring (bicyclic) bond motifs is 1. The van der Waals surface area contributed by atoms with Crippen LogP contribution in [0.2, 0.25) is 0 Å². The summed E-state index contributed by atoms with van der Waals surface area (Å²) in [7, 11) is 0. The third-order valence-electron chi connectivity index (χ3n) is 5.04. The van der Waals surface area contributed by atoms with Crippen LogP contribution in [0.1, 0.15) is 30.4 Å². The predicted octanol–water partition coefficient (Wildman–Crippen LogP) is 1.76. The summed E-state index contributed by atoms with van der Waals surface area (Å²) in [6.45, 7) is 2.28. The number of hydrogen-bond donors (Lipinski definition) is 0. The summed E-state index contributed by atoms with van der Waals surface area (Å²) in [5.74, 6) is 0.108.